The summed E-state index contributed by atoms with van der Waals surface area (Å²) < 4.78 is 46.3. The molecule has 1 fully saturated rings. The first kappa shape index (κ1) is 24.6. The van der Waals surface area contributed by atoms with Crippen LogP contribution in [0.4, 0.5) is 0 Å². The molecule has 186 valence electrons. The van der Waals surface area contributed by atoms with Crippen LogP contribution in [-0.2, 0) is 21.3 Å². The van der Waals surface area contributed by atoms with E-state index in [1.807, 2.05) is 7.05 Å². The van der Waals surface area contributed by atoms with Gasteiger partial charge in [0.2, 0.25) is 5.88 Å². The van der Waals surface area contributed by atoms with Gasteiger partial charge in [-0.25, -0.2) is 18.1 Å². The van der Waals surface area contributed by atoms with E-state index >= 15 is 0 Å². The smallest absolute Gasteiger partial charge is 0.283 e. The van der Waals surface area contributed by atoms with Crippen LogP contribution in [0.25, 0.3) is 0 Å². The Morgan fingerprint density at radius 1 is 1.23 bits per heavy atom. The lowest BCUT2D eigenvalue weighted by molar-refractivity contribution is 0.00496. The minimum absolute atomic E-state index is 0.106. The topological polar surface area (TPSA) is 125 Å². The number of likely N-dealkylation sites (N-methyl/N-ethyl adjacent to an activating group) is 1. The molecule has 0 bridgehead atoms. The number of benzene rings is 1. The minimum Gasteiger partial charge on any atom is -0.495 e. The maximum absolute atomic E-state index is 13.2. The molecule has 0 saturated carbocycles. The van der Waals surface area contributed by atoms with Gasteiger partial charge in [-0.15, -0.1) is 0 Å². The molecule has 11 nitrogen and oxygen atoms in total. The third-order valence-electron chi connectivity index (χ3n) is 5.74. The molecule has 4 rings (SSSR count). The van der Waals surface area contributed by atoms with Crippen LogP contribution in [-0.4, -0.2) is 75.0 Å². The summed E-state index contributed by atoms with van der Waals surface area (Å²) in [4.78, 5) is 19.0. The molecule has 1 aliphatic heterocycles. The van der Waals surface area contributed by atoms with Gasteiger partial charge in [-0.2, -0.15) is 5.10 Å². The molecule has 0 aliphatic carbocycles. The van der Waals surface area contributed by atoms with Crippen molar-refractivity contribution in [3.63, 3.8) is 0 Å². The van der Waals surface area contributed by atoms with Gasteiger partial charge >= 0.3 is 0 Å². The highest BCUT2D eigenvalue weighted by molar-refractivity contribution is 7.90. The number of pyridine rings is 1. The van der Waals surface area contributed by atoms with Crippen molar-refractivity contribution in [1.29, 1.82) is 0 Å². The van der Waals surface area contributed by atoms with Crippen LogP contribution in [0.15, 0.2) is 53.7 Å². The quantitative estimate of drug-likeness (QED) is 0.488. The van der Waals surface area contributed by atoms with E-state index in [1.54, 1.807) is 41.3 Å². The van der Waals surface area contributed by atoms with Gasteiger partial charge in [-0.1, -0.05) is 6.07 Å². The standard InChI is InChI=1S/C23H27N5O6S/c1-27-11-12-34-15-19(27)16-6-8-20(32-2)21(13-16)35(30,31)26-22(29)18-7-5-17(23(25-18)33-3)14-28-10-4-9-24-28/h4-10,13,19H,11-12,14-15H2,1-3H3,(H,26,29). The highest BCUT2D eigenvalue weighted by Gasteiger charge is 2.28. The molecule has 3 aromatic rings. The van der Waals surface area contributed by atoms with Gasteiger partial charge in [0, 0.05) is 24.5 Å². The van der Waals surface area contributed by atoms with E-state index in [1.165, 1.54) is 26.4 Å². The van der Waals surface area contributed by atoms with Crippen LogP contribution >= 0.6 is 0 Å². The zero-order valence-corrected chi connectivity index (χ0v) is 20.5. The Hall–Kier alpha value is -3.48. The SMILES string of the molecule is COc1ccc(C2COCCN2C)cc1S(=O)(=O)NC(=O)c1ccc(Cn2cccn2)c(OC)n1. The van der Waals surface area contributed by atoms with Crippen molar-refractivity contribution in [2.45, 2.75) is 17.5 Å². The Balaban J connectivity index is 1.59. The summed E-state index contributed by atoms with van der Waals surface area (Å²) in [6.45, 7) is 2.15. The fourth-order valence-corrected chi connectivity index (χ4v) is 5.00. The van der Waals surface area contributed by atoms with Crippen molar-refractivity contribution in [3.8, 4) is 11.6 Å². The number of carbonyl (C=O) groups excluding carboxylic acids is 1. The van der Waals surface area contributed by atoms with Crippen molar-refractivity contribution >= 4 is 15.9 Å². The van der Waals surface area contributed by atoms with Gasteiger partial charge in [-0.05, 0) is 42.9 Å². The number of aromatic nitrogens is 3. The average molecular weight is 502 g/mol. The Bertz CT molecular complexity index is 1300. The van der Waals surface area contributed by atoms with Crippen molar-refractivity contribution < 1.29 is 27.4 Å². The third kappa shape index (κ3) is 5.45. The summed E-state index contributed by atoms with van der Waals surface area (Å²) in [6, 6.07) is 9.62. The first-order valence-corrected chi connectivity index (χ1v) is 12.3. The molecule has 35 heavy (non-hydrogen) atoms. The molecular weight excluding hydrogens is 474 g/mol. The van der Waals surface area contributed by atoms with E-state index < -0.39 is 15.9 Å². The molecule has 0 radical (unpaired) electrons. The van der Waals surface area contributed by atoms with Crippen molar-refractivity contribution in [2.75, 3.05) is 41.0 Å². The van der Waals surface area contributed by atoms with Crippen molar-refractivity contribution in [1.82, 2.24) is 24.4 Å². The van der Waals surface area contributed by atoms with Crippen LogP contribution in [0, 0.1) is 0 Å². The van der Waals surface area contributed by atoms with E-state index in [0.29, 0.717) is 25.3 Å². The Kier molecular flexibility index (Phi) is 7.34. The molecule has 1 atom stereocenters. The van der Waals surface area contributed by atoms with E-state index in [0.717, 1.165) is 12.1 Å². The molecule has 1 aliphatic rings. The lowest BCUT2D eigenvalue weighted by Crippen LogP contribution is -2.36. The third-order valence-corrected chi connectivity index (χ3v) is 7.09. The number of carbonyl (C=O) groups is 1. The summed E-state index contributed by atoms with van der Waals surface area (Å²) in [5.41, 5.74) is 1.32. The van der Waals surface area contributed by atoms with Gasteiger partial charge < -0.3 is 14.2 Å². The number of nitrogens with zero attached hydrogens (tertiary/aromatic N) is 4. The summed E-state index contributed by atoms with van der Waals surface area (Å²) in [7, 11) is 0.466. The Morgan fingerprint density at radius 2 is 2.06 bits per heavy atom. The van der Waals surface area contributed by atoms with Gasteiger partial charge in [0.25, 0.3) is 15.9 Å². The molecule has 12 heteroatoms. The first-order valence-electron chi connectivity index (χ1n) is 10.9. The Morgan fingerprint density at radius 3 is 2.74 bits per heavy atom. The molecule has 1 amide bonds. The minimum atomic E-state index is -4.28. The molecule has 1 unspecified atom stereocenters. The fourth-order valence-electron chi connectivity index (χ4n) is 3.84. The van der Waals surface area contributed by atoms with Gasteiger partial charge in [0.15, 0.2) is 0 Å². The zero-order valence-electron chi connectivity index (χ0n) is 19.7. The number of amides is 1. The highest BCUT2D eigenvalue weighted by Crippen LogP contribution is 2.30. The predicted octanol–water partition coefficient (Wildman–Crippen LogP) is 1.47. The van der Waals surface area contributed by atoms with E-state index in [4.69, 9.17) is 14.2 Å². The second kappa shape index (κ2) is 10.4. The first-order chi connectivity index (χ1) is 16.8. The van der Waals surface area contributed by atoms with Crippen LogP contribution in [0.5, 0.6) is 11.6 Å². The molecule has 1 saturated heterocycles. The number of methoxy groups -OCH3 is 2. The summed E-state index contributed by atoms with van der Waals surface area (Å²) in [5, 5.41) is 4.14. The summed E-state index contributed by atoms with van der Waals surface area (Å²) >= 11 is 0. The van der Waals surface area contributed by atoms with Gasteiger partial charge in [0.05, 0.1) is 40.0 Å². The van der Waals surface area contributed by atoms with E-state index in [9.17, 15) is 13.2 Å². The number of ether oxygens (including phenoxy) is 3. The maximum Gasteiger partial charge on any atom is 0.283 e. The number of hydrogen-bond acceptors (Lipinski definition) is 9. The number of hydrogen-bond donors (Lipinski definition) is 1. The average Bonchev–Trinajstić information content (AvgIpc) is 3.37. The van der Waals surface area contributed by atoms with E-state index in [-0.39, 0.29) is 28.3 Å². The summed E-state index contributed by atoms with van der Waals surface area (Å²) in [6.07, 6.45) is 3.43. The number of rotatable bonds is 8. The second-order valence-corrected chi connectivity index (χ2v) is 9.64. The molecule has 2 aromatic heterocycles. The summed E-state index contributed by atoms with van der Waals surface area (Å²) in [5.74, 6) is -0.571. The van der Waals surface area contributed by atoms with Crippen LogP contribution in [0.3, 0.4) is 0 Å². The molecular formula is C23H27N5O6S. The molecule has 1 N–H and O–H groups in total. The van der Waals surface area contributed by atoms with Crippen LogP contribution in [0.2, 0.25) is 0 Å². The van der Waals surface area contributed by atoms with Crippen LogP contribution < -0.4 is 14.2 Å². The molecule has 3 heterocycles. The number of morpholine rings is 1. The maximum atomic E-state index is 13.2. The van der Waals surface area contributed by atoms with Crippen molar-refractivity contribution in [3.05, 3.63) is 65.6 Å². The van der Waals surface area contributed by atoms with E-state index in [2.05, 4.69) is 19.7 Å². The number of sulfonamides is 1. The predicted molar refractivity (Wildman–Crippen MR) is 126 cm³/mol. The lowest BCUT2D eigenvalue weighted by Gasteiger charge is -2.33. The van der Waals surface area contributed by atoms with Crippen LogP contribution in [0.1, 0.15) is 27.7 Å². The molecule has 0 spiro atoms. The number of nitrogens with one attached hydrogen (secondary N) is 1. The van der Waals surface area contributed by atoms with Gasteiger partial charge in [0.1, 0.15) is 16.3 Å². The fraction of sp³-hybridized carbons (Fsp3) is 0.348. The zero-order chi connectivity index (χ0) is 25.0. The van der Waals surface area contributed by atoms with Gasteiger partial charge in [-0.3, -0.25) is 14.4 Å². The monoisotopic (exact) mass is 501 g/mol. The second-order valence-electron chi connectivity index (χ2n) is 7.98. The molecule has 1 aromatic carbocycles. The highest BCUT2D eigenvalue weighted by atomic mass is 32.2. The largest absolute Gasteiger partial charge is 0.495 e. The Labute approximate surface area is 203 Å². The normalized spacial score (nSPS) is 16.6. The van der Waals surface area contributed by atoms with Crippen molar-refractivity contribution in [2.24, 2.45) is 0 Å². The lowest BCUT2D eigenvalue weighted by atomic mass is 10.1.